The predicted molar refractivity (Wildman–Crippen MR) is 44.9 cm³/mol. The Kier molecular flexibility index (Phi) is 2.28. The fourth-order valence-electron chi connectivity index (χ4n) is 1.04. The standard InChI is InChI=1S/C10H12F/c1-7(2)9-6-8(3)4-5-10(9)11/h4-7H,1H2,2-3H3. The van der Waals surface area contributed by atoms with E-state index < -0.39 is 0 Å². The van der Waals surface area contributed by atoms with Gasteiger partial charge in [0.25, 0.3) is 0 Å². The van der Waals surface area contributed by atoms with Crippen LogP contribution in [0.3, 0.4) is 0 Å². The first-order valence-corrected chi connectivity index (χ1v) is 3.70. The average Bonchev–Trinajstić information content (AvgIpc) is 1.94. The van der Waals surface area contributed by atoms with Crippen molar-refractivity contribution >= 4 is 0 Å². The molecule has 0 nitrogen and oxygen atoms in total. The van der Waals surface area contributed by atoms with E-state index in [4.69, 9.17) is 0 Å². The maximum absolute atomic E-state index is 13.0. The van der Waals surface area contributed by atoms with Crippen molar-refractivity contribution in [3.63, 3.8) is 0 Å². The molecular formula is C10H12F. The Hall–Kier alpha value is -0.850. The van der Waals surface area contributed by atoms with E-state index >= 15 is 0 Å². The highest BCUT2D eigenvalue weighted by molar-refractivity contribution is 5.27. The molecule has 59 valence electrons. The van der Waals surface area contributed by atoms with Gasteiger partial charge < -0.3 is 0 Å². The summed E-state index contributed by atoms with van der Waals surface area (Å²) in [5.41, 5.74) is 1.78. The second-order valence-electron chi connectivity index (χ2n) is 2.93. The molecule has 0 N–H and O–H groups in total. The highest BCUT2D eigenvalue weighted by Gasteiger charge is 2.05. The summed E-state index contributed by atoms with van der Waals surface area (Å²) in [4.78, 5) is 0. The molecule has 0 aliphatic heterocycles. The van der Waals surface area contributed by atoms with Crippen molar-refractivity contribution < 1.29 is 4.39 Å². The normalized spacial score (nSPS) is 10.6. The van der Waals surface area contributed by atoms with Crippen LogP contribution in [0.4, 0.5) is 4.39 Å². The summed E-state index contributed by atoms with van der Waals surface area (Å²) in [6.07, 6.45) is 0. The van der Waals surface area contributed by atoms with Gasteiger partial charge in [-0.15, -0.1) is 0 Å². The summed E-state index contributed by atoms with van der Waals surface area (Å²) >= 11 is 0. The van der Waals surface area contributed by atoms with Crippen molar-refractivity contribution in [2.75, 3.05) is 0 Å². The topological polar surface area (TPSA) is 0 Å². The van der Waals surface area contributed by atoms with Gasteiger partial charge in [-0.1, -0.05) is 24.6 Å². The number of benzene rings is 1. The second-order valence-corrected chi connectivity index (χ2v) is 2.93. The molecule has 0 saturated carbocycles. The SMILES string of the molecule is [CH2]C(C)c1cc(C)ccc1F. The fraction of sp³-hybridized carbons (Fsp3) is 0.300. The number of aryl methyl sites for hydroxylation is 1. The van der Waals surface area contributed by atoms with Crippen LogP contribution >= 0.6 is 0 Å². The molecule has 1 atom stereocenters. The van der Waals surface area contributed by atoms with Gasteiger partial charge in [-0.2, -0.15) is 0 Å². The van der Waals surface area contributed by atoms with Crippen molar-refractivity contribution in [2.24, 2.45) is 0 Å². The molecule has 0 amide bonds. The van der Waals surface area contributed by atoms with E-state index in [1.807, 2.05) is 19.9 Å². The molecule has 0 spiro atoms. The lowest BCUT2D eigenvalue weighted by atomic mass is 10.0. The zero-order valence-corrected chi connectivity index (χ0v) is 6.89. The first-order chi connectivity index (χ1) is 5.11. The maximum Gasteiger partial charge on any atom is 0.126 e. The van der Waals surface area contributed by atoms with Gasteiger partial charge in [-0.3, -0.25) is 0 Å². The Morgan fingerprint density at radius 3 is 2.55 bits per heavy atom. The van der Waals surface area contributed by atoms with Crippen LogP contribution < -0.4 is 0 Å². The molecule has 1 rings (SSSR count). The Morgan fingerprint density at radius 1 is 1.45 bits per heavy atom. The third-order valence-electron chi connectivity index (χ3n) is 1.68. The highest BCUT2D eigenvalue weighted by Crippen LogP contribution is 2.18. The van der Waals surface area contributed by atoms with Crippen LogP contribution in [-0.4, -0.2) is 0 Å². The molecule has 1 unspecified atom stereocenters. The lowest BCUT2D eigenvalue weighted by molar-refractivity contribution is 0.604. The van der Waals surface area contributed by atoms with E-state index in [9.17, 15) is 4.39 Å². The highest BCUT2D eigenvalue weighted by atomic mass is 19.1. The summed E-state index contributed by atoms with van der Waals surface area (Å²) in [5, 5.41) is 0. The quantitative estimate of drug-likeness (QED) is 0.578. The molecule has 0 fully saturated rings. The van der Waals surface area contributed by atoms with Crippen LogP contribution in [0.1, 0.15) is 24.0 Å². The van der Waals surface area contributed by atoms with Crippen molar-refractivity contribution in [1.29, 1.82) is 0 Å². The van der Waals surface area contributed by atoms with Crippen molar-refractivity contribution in [3.05, 3.63) is 42.1 Å². The molecule has 0 bridgehead atoms. The van der Waals surface area contributed by atoms with Crippen LogP contribution in [0.25, 0.3) is 0 Å². The molecule has 0 aliphatic rings. The smallest absolute Gasteiger partial charge is 0.126 e. The van der Waals surface area contributed by atoms with Gasteiger partial charge in [0.1, 0.15) is 5.82 Å². The predicted octanol–water partition coefficient (Wildman–Crippen LogP) is 3.07. The van der Waals surface area contributed by atoms with Gasteiger partial charge in [0.15, 0.2) is 0 Å². The minimum Gasteiger partial charge on any atom is -0.207 e. The monoisotopic (exact) mass is 151 g/mol. The molecule has 0 saturated heterocycles. The first-order valence-electron chi connectivity index (χ1n) is 3.70. The maximum atomic E-state index is 13.0. The zero-order chi connectivity index (χ0) is 8.43. The van der Waals surface area contributed by atoms with E-state index in [2.05, 4.69) is 6.92 Å². The third-order valence-corrected chi connectivity index (χ3v) is 1.68. The van der Waals surface area contributed by atoms with Gasteiger partial charge in [0.05, 0.1) is 0 Å². The van der Waals surface area contributed by atoms with Gasteiger partial charge in [0, 0.05) is 0 Å². The van der Waals surface area contributed by atoms with E-state index in [0.717, 1.165) is 5.56 Å². The molecular weight excluding hydrogens is 139 g/mol. The summed E-state index contributed by atoms with van der Waals surface area (Å²) in [6.45, 7) is 7.61. The van der Waals surface area contributed by atoms with Crippen LogP contribution in [0.15, 0.2) is 18.2 Å². The Labute approximate surface area is 67.1 Å². The Morgan fingerprint density at radius 2 is 2.09 bits per heavy atom. The third kappa shape index (κ3) is 1.79. The molecule has 1 radical (unpaired) electrons. The zero-order valence-electron chi connectivity index (χ0n) is 6.89. The molecule has 1 aromatic carbocycles. The lowest BCUT2D eigenvalue weighted by Gasteiger charge is -2.06. The summed E-state index contributed by atoms with van der Waals surface area (Å²) in [5.74, 6) is -0.131. The van der Waals surface area contributed by atoms with Crippen molar-refractivity contribution in [1.82, 2.24) is 0 Å². The first kappa shape index (κ1) is 8.25. The second kappa shape index (κ2) is 3.04. The Balaban J connectivity index is 3.13. The van der Waals surface area contributed by atoms with E-state index in [0.29, 0.717) is 5.56 Å². The molecule has 11 heavy (non-hydrogen) atoms. The summed E-state index contributed by atoms with van der Waals surface area (Å²) < 4.78 is 13.0. The average molecular weight is 151 g/mol. The van der Waals surface area contributed by atoms with Gasteiger partial charge in [-0.25, -0.2) is 4.39 Å². The largest absolute Gasteiger partial charge is 0.207 e. The number of hydrogen-bond donors (Lipinski definition) is 0. The summed E-state index contributed by atoms with van der Waals surface area (Å²) in [7, 11) is 0. The number of hydrogen-bond acceptors (Lipinski definition) is 0. The van der Waals surface area contributed by atoms with Crippen LogP contribution in [0.2, 0.25) is 0 Å². The van der Waals surface area contributed by atoms with Gasteiger partial charge >= 0.3 is 0 Å². The molecule has 0 heterocycles. The van der Waals surface area contributed by atoms with Gasteiger partial charge in [-0.05, 0) is 31.4 Å². The lowest BCUT2D eigenvalue weighted by Crippen LogP contribution is -1.93. The van der Waals surface area contributed by atoms with Crippen LogP contribution in [0, 0.1) is 19.7 Å². The molecule has 1 heteroatoms. The van der Waals surface area contributed by atoms with Crippen LogP contribution in [-0.2, 0) is 0 Å². The van der Waals surface area contributed by atoms with Crippen molar-refractivity contribution in [2.45, 2.75) is 19.8 Å². The van der Waals surface area contributed by atoms with Crippen molar-refractivity contribution in [3.8, 4) is 0 Å². The van der Waals surface area contributed by atoms with E-state index in [1.54, 1.807) is 6.07 Å². The Bertz CT molecular complexity index is 251. The van der Waals surface area contributed by atoms with E-state index in [-0.39, 0.29) is 11.7 Å². The van der Waals surface area contributed by atoms with Crippen LogP contribution in [0.5, 0.6) is 0 Å². The summed E-state index contributed by atoms with van der Waals surface area (Å²) in [6, 6.07) is 5.10. The minimum atomic E-state index is -0.155. The fourth-order valence-corrected chi connectivity index (χ4v) is 1.04. The molecule has 1 aromatic rings. The minimum absolute atomic E-state index is 0.0231. The number of halogens is 1. The van der Waals surface area contributed by atoms with E-state index in [1.165, 1.54) is 6.07 Å². The molecule has 0 aromatic heterocycles. The molecule has 0 aliphatic carbocycles. The number of rotatable bonds is 1. The van der Waals surface area contributed by atoms with Gasteiger partial charge in [0.2, 0.25) is 0 Å².